The first-order chi connectivity index (χ1) is 11.0. The number of carbonyl (C=O) groups excluding carboxylic acids is 2. The van der Waals surface area contributed by atoms with Crippen molar-refractivity contribution in [2.24, 2.45) is 0 Å². The smallest absolute Gasteiger partial charge is 0.227 e. The number of rotatable bonds is 12. The molecule has 0 unspecified atom stereocenters. The molecule has 1 rings (SSSR count). The lowest BCUT2D eigenvalue weighted by Crippen LogP contribution is -2.15. The van der Waals surface area contributed by atoms with Gasteiger partial charge in [-0.2, -0.15) is 15.0 Å². The number of nitrogens with zero attached hydrogens (tertiary/aromatic N) is 3. The Kier molecular flexibility index (Phi) is 8.70. The van der Waals surface area contributed by atoms with Gasteiger partial charge in [0.05, 0.1) is 0 Å². The highest BCUT2D eigenvalue weighted by atomic mass is 16.3. The van der Waals surface area contributed by atoms with E-state index in [1.807, 2.05) is 0 Å². The Bertz CT molecular complexity index is 482. The van der Waals surface area contributed by atoms with Gasteiger partial charge < -0.3 is 20.8 Å². The van der Waals surface area contributed by atoms with Gasteiger partial charge in [0.25, 0.3) is 0 Å². The molecule has 0 aliphatic heterocycles. The third-order valence-electron chi connectivity index (χ3n) is 2.90. The maximum absolute atomic E-state index is 11.3. The van der Waals surface area contributed by atoms with Gasteiger partial charge in [-0.25, -0.2) is 0 Å². The minimum absolute atomic E-state index is 0.0356. The van der Waals surface area contributed by atoms with Gasteiger partial charge in [-0.3, -0.25) is 9.59 Å². The van der Waals surface area contributed by atoms with Crippen LogP contribution in [0.1, 0.15) is 31.5 Å². The SMILES string of the molecule is Cc1nc(NCCC(=O)CCO)nc(NCCC(=O)CCO)n1. The lowest BCUT2D eigenvalue weighted by atomic mass is 10.2. The van der Waals surface area contributed by atoms with E-state index in [1.165, 1.54) is 0 Å². The molecule has 0 amide bonds. The summed E-state index contributed by atoms with van der Waals surface area (Å²) in [7, 11) is 0. The van der Waals surface area contributed by atoms with E-state index in [2.05, 4.69) is 25.6 Å². The second-order valence-electron chi connectivity index (χ2n) is 4.91. The summed E-state index contributed by atoms with van der Waals surface area (Å²) in [5.41, 5.74) is 0. The van der Waals surface area contributed by atoms with E-state index >= 15 is 0 Å². The molecule has 0 fully saturated rings. The molecule has 0 saturated carbocycles. The topological polar surface area (TPSA) is 137 Å². The maximum Gasteiger partial charge on any atom is 0.227 e. The zero-order chi connectivity index (χ0) is 17.1. The summed E-state index contributed by atoms with van der Waals surface area (Å²) in [5.74, 6) is 1.13. The molecule has 0 atom stereocenters. The Hall–Kier alpha value is -2.13. The van der Waals surface area contributed by atoms with Crippen molar-refractivity contribution in [1.82, 2.24) is 15.0 Å². The lowest BCUT2D eigenvalue weighted by Gasteiger charge is -2.08. The summed E-state index contributed by atoms with van der Waals surface area (Å²) in [6.07, 6.45) is 0.854. The van der Waals surface area contributed by atoms with Crippen molar-refractivity contribution in [2.45, 2.75) is 32.6 Å². The molecular weight excluding hydrogens is 302 g/mol. The van der Waals surface area contributed by atoms with Crippen LogP contribution in [0.3, 0.4) is 0 Å². The summed E-state index contributed by atoms with van der Waals surface area (Å²) < 4.78 is 0. The predicted molar refractivity (Wildman–Crippen MR) is 84.2 cm³/mol. The Morgan fingerprint density at radius 2 is 1.26 bits per heavy atom. The van der Waals surface area contributed by atoms with Gasteiger partial charge in [0.2, 0.25) is 11.9 Å². The number of aliphatic hydroxyl groups is 2. The van der Waals surface area contributed by atoms with E-state index < -0.39 is 0 Å². The fourth-order valence-electron chi connectivity index (χ4n) is 1.77. The molecule has 1 aromatic heterocycles. The fourth-order valence-corrected chi connectivity index (χ4v) is 1.77. The summed E-state index contributed by atoms with van der Waals surface area (Å²) in [6.45, 7) is 2.17. The third-order valence-corrected chi connectivity index (χ3v) is 2.90. The van der Waals surface area contributed by atoms with Crippen LogP contribution < -0.4 is 10.6 Å². The molecule has 4 N–H and O–H groups in total. The minimum atomic E-state index is -0.146. The molecule has 23 heavy (non-hydrogen) atoms. The zero-order valence-corrected chi connectivity index (χ0v) is 13.2. The van der Waals surface area contributed by atoms with E-state index in [0.29, 0.717) is 30.8 Å². The van der Waals surface area contributed by atoms with E-state index in [9.17, 15) is 9.59 Å². The van der Waals surface area contributed by atoms with Crippen LogP contribution in [-0.4, -0.2) is 63.0 Å². The van der Waals surface area contributed by atoms with Gasteiger partial charge in [0.15, 0.2) is 0 Å². The second kappa shape index (κ2) is 10.6. The zero-order valence-electron chi connectivity index (χ0n) is 13.2. The maximum atomic E-state index is 11.3. The van der Waals surface area contributed by atoms with Crippen LogP contribution in [0.4, 0.5) is 11.9 Å². The highest BCUT2D eigenvalue weighted by Crippen LogP contribution is 2.05. The molecule has 0 aromatic carbocycles. The van der Waals surface area contributed by atoms with Crippen molar-refractivity contribution >= 4 is 23.5 Å². The van der Waals surface area contributed by atoms with Gasteiger partial charge >= 0.3 is 0 Å². The average Bonchev–Trinajstić information content (AvgIpc) is 2.47. The van der Waals surface area contributed by atoms with Gasteiger partial charge in [-0.05, 0) is 6.92 Å². The van der Waals surface area contributed by atoms with Gasteiger partial charge in [-0.1, -0.05) is 0 Å². The lowest BCUT2D eigenvalue weighted by molar-refractivity contribution is -0.120. The van der Waals surface area contributed by atoms with Crippen molar-refractivity contribution in [3.05, 3.63) is 5.82 Å². The number of Topliss-reactive ketones (excluding diaryl/α,β-unsaturated/α-hetero) is 2. The molecule has 0 aliphatic rings. The molecule has 1 heterocycles. The highest BCUT2D eigenvalue weighted by Gasteiger charge is 2.06. The Labute approximate surface area is 134 Å². The molecule has 0 aliphatic carbocycles. The first-order valence-electron chi connectivity index (χ1n) is 7.50. The van der Waals surface area contributed by atoms with Crippen LogP contribution in [0, 0.1) is 6.92 Å². The van der Waals surface area contributed by atoms with Crippen LogP contribution in [0.25, 0.3) is 0 Å². The Balaban J connectivity index is 2.45. The van der Waals surface area contributed by atoms with Crippen LogP contribution in [-0.2, 0) is 9.59 Å². The van der Waals surface area contributed by atoms with Crippen molar-refractivity contribution < 1.29 is 19.8 Å². The Morgan fingerprint density at radius 3 is 1.65 bits per heavy atom. The number of hydrogen-bond acceptors (Lipinski definition) is 9. The van der Waals surface area contributed by atoms with Crippen LogP contribution in [0.5, 0.6) is 0 Å². The average molecular weight is 325 g/mol. The van der Waals surface area contributed by atoms with E-state index in [-0.39, 0.29) is 50.5 Å². The van der Waals surface area contributed by atoms with Crippen LogP contribution in [0.15, 0.2) is 0 Å². The summed E-state index contributed by atoms with van der Waals surface area (Å²) in [5, 5.41) is 23.2. The number of anilines is 2. The number of nitrogens with one attached hydrogen (secondary N) is 2. The number of ketones is 2. The van der Waals surface area contributed by atoms with Crippen molar-refractivity contribution in [3.8, 4) is 0 Å². The standard InChI is InChI=1S/C14H23N5O4/c1-10-17-13(15-6-2-11(22)4-8-20)19-14(18-10)16-7-3-12(23)5-9-21/h20-21H,2-9H2,1H3,(H2,15,16,17,18,19). The van der Waals surface area contributed by atoms with E-state index in [4.69, 9.17) is 10.2 Å². The van der Waals surface area contributed by atoms with Gasteiger partial charge in [0.1, 0.15) is 17.4 Å². The molecule has 1 aromatic rings. The first-order valence-corrected chi connectivity index (χ1v) is 7.50. The molecule has 9 nitrogen and oxygen atoms in total. The van der Waals surface area contributed by atoms with Gasteiger partial charge in [0, 0.05) is 52.0 Å². The quantitative estimate of drug-likeness (QED) is 0.407. The predicted octanol–water partition coefficient (Wildman–Crippen LogP) is -0.313. The van der Waals surface area contributed by atoms with Gasteiger partial charge in [-0.15, -0.1) is 0 Å². The highest BCUT2D eigenvalue weighted by molar-refractivity contribution is 5.79. The van der Waals surface area contributed by atoms with Crippen LogP contribution >= 0.6 is 0 Å². The fraction of sp³-hybridized carbons (Fsp3) is 0.643. The minimum Gasteiger partial charge on any atom is -0.396 e. The number of carbonyl (C=O) groups is 2. The second-order valence-corrected chi connectivity index (χ2v) is 4.91. The van der Waals surface area contributed by atoms with Crippen molar-refractivity contribution in [3.63, 3.8) is 0 Å². The number of aromatic nitrogens is 3. The summed E-state index contributed by atoms with van der Waals surface area (Å²) in [6, 6.07) is 0. The van der Waals surface area contributed by atoms with E-state index in [1.54, 1.807) is 6.92 Å². The molecular formula is C14H23N5O4. The summed E-state index contributed by atoms with van der Waals surface area (Å²) in [4.78, 5) is 35.0. The number of aliphatic hydroxyl groups excluding tert-OH is 2. The number of aryl methyl sites for hydroxylation is 1. The Morgan fingerprint density at radius 1 is 0.826 bits per heavy atom. The number of hydrogen-bond donors (Lipinski definition) is 4. The van der Waals surface area contributed by atoms with Crippen molar-refractivity contribution in [2.75, 3.05) is 36.9 Å². The summed E-state index contributed by atoms with van der Waals surface area (Å²) >= 11 is 0. The molecule has 0 saturated heterocycles. The van der Waals surface area contributed by atoms with Crippen molar-refractivity contribution in [1.29, 1.82) is 0 Å². The normalized spacial score (nSPS) is 10.4. The first kappa shape index (κ1) is 18.9. The van der Waals surface area contributed by atoms with Crippen LogP contribution in [0.2, 0.25) is 0 Å². The molecule has 0 bridgehead atoms. The largest absolute Gasteiger partial charge is 0.396 e. The molecule has 9 heteroatoms. The third kappa shape index (κ3) is 8.17. The molecule has 128 valence electrons. The van der Waals surface area contributed by atoms with E-state index in [0.717, 1.165) is 0 Å². The molecule has 0 radical (unpaired) electrons. The monoisotopic (exact) mass is 325 g/mol. The molecule has 0 spiro atoms.